The van der Waals surface area contributed by atoms with E-state index < -0.39 is 170 Å². The van der Waals surface area contributed by atoms with Crippen molar-refractivity contribution in [2.75, 3.05) is 0 Å². The topological polar surface area (TPSA) is 35.9 Å². The van der Waals surface area contributed by atoms with E-state index >= 15 is 0 Å². The van der Waals surface area contributed by atoms with Crippen molar-refractivity contribution in [1.82, 2.24) is 14.1 Å². The molecule has 14 rings (SSSR count). The smallest absolute Gasteiger partial charge is 0.269 e. The summed E-state index contributed by atoms with van der Waals surface area (Å²) in [6.45, 7) is -2.91. The summed E-state index contributed by atoms with van der Waals surface area (Å²) in [5.74, 6) is 0.392. The van der Waals surface area contributed by atoms with Crippen LogP contribution < -0.4 is 30.1 Å². The van der Waals surface area contributed by atoms with Gasteiger partial charge in [-0.15, -0.1) is 0 Å². The fraction of sp³-hybridized carbons (Fsp3) is 0.0886. The fourth-order valence-corrected chi connectivity index (χ4v) is 15.3. The van der Waals surface area contributed by atoms with Gasteiger partial charge >= 0.3 is 0 Å². The second-order valence-electron chi connectivity index (χ2n) is 21.2. The van der Waals surface area contributed by atoms with Crippen LogP contribution in [-0.4, -0.2) is 22.2 Å². The Balaban J connectivity index is 1.10. The van der Waals surface area contributed by atoms with Gasteiger partial charge in [0, 0.05) is 40.9 Å². The Morgan fingerprint density at radius 3 is 1.84 bits per heavy atom. The van der Waals surface area contributed by atoms with Crippen LogP contribution in [0.5, 0.6) is 11.5 Å². The summed E-state index contributed by atoms with van der Waals surface area (Å²) in [6.07, 6.45) is 4.64. The number of ether oxygens (including phenoxy) is 1. The second kappa shape index (κ2) is 21.6. The first kappa shape index (κ1) is 29.9. The average Bonchev–Trinajstić information content (AvgIpc) is 0.742. The Morgan fingerprint density at radius 1 is 0.506 bits per heavy atom. The predicted octanol–water partition coefficient (Wildman–Crippen LogP) is 16.6. The Labute approximate surface area is 539 Å². The fourth-order valence-electron chi connectivity index (χ4n) is 11.3. The lowest BCUT2D eigenvalue weighted by molar-refractivity contribution is -0.570. The van der Waals surface area contributed by atoms with Crippen LogP contribution in [0.1, 0.15) is 82.8 Å². The summed E-state index contributed by atoms with van der Waals surface area (Å²) in [6, 6.07) is 22.0. The van der Waals surface area contributed by atoms with Crippen LogP contribution in [0.15, 0.2) is 279 Å². The normalized spacial score (nSPS) is 17.2. The summed E-state index contributed by atoms with van der Waals surface area (Å²) in [7, 11) is -6.04. The molecule has 0 radical (unpaired) electrons. The summed E-state index contributed by atoms with van der Waals surface area (Å²) in [5, 5.41) is -1.26. The highest BCUT2D eigenvalue weighted by molar-refractivity contribution is 7.20. The third-order valence-corrected chi connectivity index (χ3v) is 19.4. The van der Waals surface area contributed by atoms with Crippen molar-refractivity contribution in [3.05, 3.63) is 307 Å². The molecular weight excluding hydrogens is 1050 g/mol. The lowest BCUT2D eigenvalue weighted by Crippen LogP contribution is -2.76. The molecule has 3 aromatic heterocycles. The van der Waals surface area contributed by atoms with Gasteiger partial charge in [0.2, 0.25) is 0 Å². The molecule has 0 N–H and O–H groups in total. The van der Waals surface area contributed by atoms with E-state index in [1.54, 1.807) is 77.4 Å². The molecule has 85 heavy (non-hydrogen) atoms. The van der Waals surface area contributed by atoms with Gasteiger partial charge in [-0.05, 0) is 145 Å². The molecule has 0 unspecified atom stereocenters. The number of hydrogen-bond donors (Lipinski definition) is 0. The first-order chi connectivity index (χ1) is 53.4. The minimum Gasteiger partial charge on any atom is -0.458 e. The van der Waals surface area contributed by atoms with Gasteiger partial charge in [0.25, 0.3) is 6.33 Å². The number of nitrogens with zero attached hydrogens (tertiary/aromatic N) is 4. The number of fused-ring (bicyclic) bond motifs is 4. The molecule has 6 heteroatoms. The lowest BCUT2D eigenvalue weighted by Gasteiger charge is -2.37. The highest BCUT2D eigenvalue weighted by Gasteiger charge is 2.44. The van der Waals surface area contributed by atoms with Gasteiger partial charge in [-0.1, -0.05) is 239 Å². The number of benzene rings is 11. The van der Waals surface area contributed by atoms with Gasteiger partial charge in [-0.3, -0.25) is 13.7 Å². The highest BCUT2D eigenvalue weighted by atomic mass is 28.3. The van der Waals surface area contributed by atoms with E-state index in [-0.39, 0.29) is 89.4 Å². The van der Waals surface area contributed by atoms with Crippen molar-refractivity contribution in [3.8, 4) is 62.1 Å². The zero-order valence-electron chi connectivity index (χ0n) is 74.7. The third-order valence-electron chi connectivity index (χ3n) is 15.2. The Kier molecular flexibility index (Phi) is 7.58. The van der Waals surface area contributed by atoms with E-state index in [9.17, 15) is 16.4 Å². The van der Waals surface area contributed by atoms with E-state index in [0.717, 1.165) is 11.8 Å². The molecule has 410 valence electrons. The second-order valence-corrected chi connectivity index (χ2v) is 24.7. The third kappa shape index (κ3) is 9.36. The molecule has 0 aliphatic carbocycles. The molecule has 0 saturated carbocycles. The molecule has 11 aromatic carbocycles. The molecule has 0 bridgehead atoms. The molecular formula is C79H64N4OSi. The van der Waals surface area contributed by atoms with Crippen molar-refractivity contribution in [1.29, 1.82) is 0 Å². The molecule has 3 heterocycles. The van der Waals surface area contributed by atoms with E-state index in [0.29, 0.717) is 27.4 Å². The van der Waals surface area contributed by atoms with Crippen molar-refractivity contribution in [2.24, 2.45) is 0 Å². The summed E-state index contributed by atoms with van der Waals surface area (Å²) >= 11 is 0. The number of aromatic nitrogens is 4. The molecule has 0 saturated heterocycles. The molecule has 0 fully saturated rings. The Morgan fingerprint density at radius 2 is 1.14 bits per heavy atom. The number of para-hydroxylation sites is 2. The van der Waals surface area contributed by atoms with Crippen LogP contribution in [0.3, 0.4) is 0 Å². The first-order valence-corrected chi connectivity index (χ1v) is 29.0. The van der Waals surface area contributed by atoms with Crippen LogP contribution in [0.2, 0.25) is 0 Å². The van der Waals surface area contributed by atoms with Gasteiger partial charge in [-0.25, -0.2) is 4.98 Å². The predicted molar refractivity (Wildman–Crippen MR) is 355 cm³/mol. The maximum atomic E-state index is 10.1. The first-order valence-electron chi connectivity index (χ1n) is 41.5. The standard InChI is InChI=1S/C79H64N4OSi/c1-54-25-21-26-55(2)77(54)59-43-46-72-74(49-59)81(61-31-23-32-62(50-61)84-63-44-45-69-68-39-19-20-41-71(68)83(73(69)51-63)76-47-56(3)70(52-80-76)57-27-11-7-12-28-57)53-82(72)78-67(58-29-22-30-60(48-58)79(4,5)6)40-24-42-75(78)85(64-33-13-8-14-34-64,65-35-15-9-16-36-65)66-37-17-10-18-38-66/h7-52H,1-6H3/i1D3,2D3,3D3,7D,8D,9D,10D,11D,12D,13D,14D,15D,16D,17D,18D,27D,28D,33D,34D,35D,36D,37D,38D. The molecule has 14 aromatic rings. The number of imidazole rings is 1. The maximum Gasteiger partial charge on any atom is 0.269 e. The SMILES string of the molecule is [2H]c1c([2H])c([2H])c(-c2cnc(-n3c4ccccc4c4ccc(Oc5cccc(-n6[c-][n+](-c7c(-c8cccc(C(C)(C)C)c8)cccc7[Si](c7c([2H])c([2H])c([2H])c([2H])c7[2H])(c7c([2H])c([2H])c([2H])c([2H])c7[2H])c7c([2H])c([2H])c([2H])c([2H])c7[2H])c7ccc(-c8c(C([2H])([2H])[2H])cccc8C([2H])([2H])[2H])cc76)c5)cc43)cc2C([2H])([2H])[2H])c([2H])c1[2H]. The Bertz CT molecular complexity index is 6120. The van der Waals surface area contributed by atoms with Crippen LogP contribution in [0.4, 0.5) is 0 Å². The van der Waals surface area contributed by atoms with E-state index in [1.807, 2.05) is 45.0 Å². The van der Waals surface area contributed by atoms with Gasteiger partial charge in [0.05, 0.1) is 60.9 Å². The minimum atomic E-state index is -6.04. The largest absolute Gasteiger partial charge is 0.458 e. The van der Waals surface area contributed by atoms with Crippen LogP contribution in [-0.2, 0) is 5.41 Å². The number of rotatable bonds is 12. The Hall–Kier alpha value is -10.1. The molecule has 0 aliphatic rings. The lowest BCUT2D eigenvalue weighted by atomic mass is 9.85. The van der Waals surface area contributed by atoms with Crippen LogP contribution in [0, 0.1) is 26.9 Å². The average molecular weight is 1140 g/mol. The van der Waals surface area contributed by atoms with Crippen molar-refractivity contribution < 1.29 is 49.1 Å². The number of hydrogen-bond acceptors (Lipinski definition) is 2. The van der Waals surface area contributed by atoms with E-state index in [4.69, 9.17) is 33.0 Å². The van der Waals surface area contributed by atoms with Gasteiger partial charge < -0.3 is 4.74 Å². The summed E-state index contributed by atoms with van der Waals surface area (Å²) in [4.78, 5) is 4.71. The number of aryl methyl sites for hydroxylation is 3. The quantitative estimate of drug-likeness (QED) is 0.0529. The molecule has 0 aliphatic heterocycles. The highest BCUT2D eigenvalue weighted by Crippen LogP contribution is 2.38. The number of pyridine rings is 1. The zero-order valence-corrected chi connectivity index (χ0v) is 46.7. The summed E-state index contributed by atoms with van der Waals surface area (Å²) in [5.41, 5.74) is 0.251. The molecule has 0 spiro atoms. The van der Waals surface area contributed by atoms with Crippen molar-refractivity contribution >= 4 is 61.7 Å². The minimum absolute atomic E-state index is 0.0491. The molecule has 0 amide bonds. The van der Waals surface area contributed by atoms with Crippen LogP contribution in [0.25, 0.3) is 83.4 Å². The van der Waals surface area contributed by atoms with Crippen molar-refractivity contribution in [3.63, 3.8) is 0 Å². The summed E-state index contributed by atoms with van der Waals surface area (Å²) < 4.78 is 277. The van der Waals surface area contributed by atoms with Gasteiger partial charge in [-0.2, -0.15) is 0 Å². The van der Waals surface area contributed by atoms with Crippen molar-refractivity contribution in [2.45, 2.75) is 46.7 Å². The van der Waals surface area contributed by atoms with E-state index in [2.05, 4.69) is 6.33 Å². The monoisotopic (exact) mass is 1140 g/mol. The zero-order chi connectivity index (χ0) is 82.7. The van der Waals surface area contributed by atoms with Crippen LogP contribution >= 0.6 is 0 Å². The molecule has 0 atom stereocenters. The maximum absolute atomic E-state index is 10.1. The van der Waals surface area contributed by atoms with E-state index in [1.165, 1.54) is 63.7 Å². The van der Waals surface area contributed by atoms with Gasteiger partial charge in [0.1, 0.15) is 17.3 Å². The van der Waals surface area contributed by atoms with Gasteiger partial charge in [0.15, 0.2) is 8.07 Å². The molecule has 5 nitrogen and oxygen atoms in total.